The van der Waals surface area contributed by atoms with Crippen molar-refractivity contribution in [1.82, 2.24) is 15.2 Å². The molecule has 38 heavy (non-hydrogen) atoms. The number of hydrogen-bond donors (Lipinski definition) is 2. The number of likely N-dealkylation sites (tertiary alicyclic amines) is 1. The van der Waals surface area contributed by atoms with Gasteiger partial charge in [0.1, 0.15) is 18.3 Å². The number of aryl methyl sites for hydroxylation is 1. The number of ether oxygens (including phenoxy) is 1. The molecule has 2 aliphatic heterocycles. The Morgan fingerprint density at radius 2 is 1.76 bits per heavy atom. The summed E-state index contributed by atoms with van der Waals surface area (Å²) in [5, 5.41) is 6.98. The Bertz CT molecular complexity index is 1170. The zero-order valence-electron chi connectivity index (χ0n) is 21.9. The third-order valence-electron chi connectivity index (χ3n) is 7.25. The summed E-state index contributed by atoms with van der Waals surface area (Å²) in [4.78, 5) is 11.2. The van der Waals surface area contributed by atoms with Crippen LogP contribution in [-0.4, -0.2) is 61.7 Å². The van der Waals surface area contributed by atoms with Gasteiger partial charge in [0, 0.05) is 61.1 Å². The Labute approximate surface area is 231 Å². The fraction of sp³-hybridized carbons (Fsp3) is 0.400. The molecule has 2 aliphatic rings. The van der Waals surface area contributed by atoms with Crippen LogP contribution in [0, 0.1) is 5.92 Å². The standard InChI is InChI=1S/C30H37ClN6O/c31-37-23-35-30(34-14-4-7-24-5-2-1-3-6-24)28-9-8-27(21-29(28)37)38-22-25-12-18-36(19-13-25)20-17-33-26-10-15-32-16-11-26/h1-3,5-6,8-11,15-16,21,25H,4,7,12-14,17-20,22-23H2,(H,32,33)(H,34,35). The molecule has 0 amide bonds. The minimum Gasteiger partial charge on any atom is -0.493 e. The molecule has 3 aromatic rings. The van der Waals surface area contributed by atoms with Crippen LogP contribution in [0.3, 0.4) is 0 Å². The number of rotatable bonds is 11. The first kappa shape index (κ1) is 26.3. The molecule has 1 fully saturated rings. The number of piperidine rings is 1. The van der Waals surface area contributed by atoms with E-state index < -0.39 is 0 Å². The fourth-order valence-electron chi connectivity index (χ4n) is 5.01. The van der Waals surface area contributed by atoms with Crippen LogP contribution < -0.4 is 19.8 Å². The molecular weight excluding hydrogens is 496 g/mol. The molecule has 1 saturated heterocycles. The molecule has 7 nitrogen and oxygen atoms in total. The Morgan fingerprint density at radius 1 is 0.947 bits per heavy atom. The van der Waals surface area contributed by atoms with Gasteiger partial charge < -0.3 is 20.3 Å². The number of fused-ring (bicyclic) bond motifs is 1. The lowest BCUT2D eigenvalue weighted by Crippen LogP contribution is -2.38. The first-order valence-corrected chi connectivity index (χ1v) is 14.0. The minimum absolute atomic E-state index is 0.424. The van der Waals surface area contributed by atoms with Gasteiger partial charge in [0.05, 0.1) is 12.3 Å². The number of halogens is 1. The molecule has 200 valence electrons. The van der Waals surface area contributed by atoms with Gasteiger partial charge in [-0.15, -0.1) is 0 Å². The molecular formula is C30H37ClN6O. The SMILES string of the molecule is ClN1CN=C(NCCCc2ccccc2)c2ccc(OCC3CCN(CCNc4ccncc4)CC3)cc21. The van der Waals surface area contributed by atoms with Gasteiger partial charge in [-0.05, 0) is 74.5 Å². The maximum atomic E-state index is 6.50. The summed E-state index contributed by atoms with van der Waals surface area (Å²) in [6.07, 6.45) is 8.04. The molecule has 0 unspecified atom stereocenters. The van der Waals surface area contributed by atoms with Crippen LogP contribution in [0.15, 0.2) is 78.0 Å². The lowest BCUT2D eigenvalue weighted by molar-refractivity contribution is 0.144. The number of nitrogens with zero attached hydrogens (tertiary/aromatic N) is 4. The number of pyridine rings is 1. The molecule has 0 spiro atoms. The summed E-state index contributed by atoms with van der Waals surface area (Å²) in [7, 11) is 0. The highest BCUT2D eigenvalue weighted by Gasteiger charge is 2.22. The summed E-state index contributed by atoms with van der Waals surface area (Å²) >= 11 is 6.50. The van der Waals surface area contributed by atoms with Gasteiger partial charge >= 0.3 is 0 Å². The van der Waals surface area contributed by atoms with E-state index in [1.165, 1.54) is 5.56 Å². The Hall–Kier alpha value is -3.29. The van der Waals surface area contributed by atoms with Gasteiger partial charge in [-0.3, -0.25) is 9.40 Å². The maximum absolute atomic E-state index is 6.50. The number of anilines is 2. The molecule has 0 radical (unpaired) electrons. The van der Waals surface area contributed by atoms with Crippen molar-refractivity contribution in [3.63, 3.8) is 0 Å². The van der Waals surface area contributed by atoms with E-state index >= 15 is 0 Å². The van der Waals surface area contributed by atoms with E-state index in [0.29, 0.717) is 12.6 Å². The number of benzene rings is 2. The number of hydrogen-bond acceptors (Lipinski definition) is 7. The quantitative estimate of drug-likeness (QED) is 0.262. The number of nitrogens with one attached hydrogen (secondary N) is 2. The smallest absolute Gasteiger partial charge is 0.132 e. The molecule has 8 heteroatoms. The molecule has 5 rings (SSSR count). The van der Waals surface area contributed by atoms with Crippen molar-refractivity contribution in [1.29, 1.82) is 0 Å². The van der Waals surface area contributed by atoms with Gasteiger partial charge in [0.15, 0.2) is 0 Å². The highest BCUT2D eigenvalue weighted by molar-refractivity contribution is 6.28. The molecule has 0 aliphatic carbocycles. The topological polar surface area (TPSA) is 65.0 Å². The monoisotopic (exact) mass is 532 g/mol. The van der Waals surface area contributed by atoms with E-state index in [1.54, 1.807) is 4.42 Å². The van der Waals surface area contributed by atoms with E-state index in [1.807, 2.05) is 36.7 Å². The van der Waals surface area contributed by atoms with E-state index in [2.05, 4.69) is 61.9 Å². The largest absolute Gasteiger partial charge is 0.493 e. The van der Waals surface area contributed by atoms with E-state index in [0.717, 1.165) is 93.5 Å². The highest BCUT2D eigenvalue weighted by atomic mass is 35.5. The Morgan fingerprint density at radius 3 is 2.58 bits per heavy atom. The van der Waals surface area contributed by atoms with Crippen molar-refractivity contribution in [2.24, 2.45) is 10.9 Å². The summed E-state index contributed by atoms with van der Waals surface area (Å²) < 4.78 is 7.90. The summed E-state index contributed by atoms with van der Waals surface area (Å²) in [5.41, 5.74) is 4.45. The van der Waals surface area contributed by atoms with Crippen LogP contribution in [-0.2, 0) is 6.42 Å². The van der Waals surface area contributed by atoms with Crippen molar-refractivity contribution in [2.45, 2.75) is 25.7 Å². The third-order valence-corrected chi connectivity index (χ3v) is 7.54. The molecule has 0 bridgehead atoms. The summed E-state index contributed by atoms with van der Waals surface area (Å²) in [6.45, 7) is 6.25. The molecule has 2 aromatic carbocycles. The average molecular weight is 533 g/mol. The minimum atomic E-state index is 0.424. The molecule has 0 saturated carbocycles. The van der Waals surface area contributed by atoms with Crippen LogP contribution in [0.4, 0.5) is 11.4 Å². The number of aromatic nitrogens is 1. The second kappa shape index (κ2) is 13.5. The molecule has 3 heterocycles. The van der Waals surface area contributed by atoms with Crippen LogP contribution in [0.2, 0.25) is 0 Å². The van der Waals surface area contributed by atoms with Crippen molar-refractivity contribution < 1.29 is 4.74 Å². The van der Waals surface area contributed by atoms with E-state index in [9.17, 15) is 0 Å². The van der Waals surface area contributed by atoms with Crippen molar-refractivity contribution >= 4 is 29.0 Å². The summed E-state index contributed by atoms with van der Waals surface area (Å²) in [6, 6.07) is 20.7. The lowest BCUT2D eigenvalue weighted by Gasteiger charge is -2.32. The zero-order valence-corrected chi connectivity index (χ0v) is 22.6. The Balaban J connectivity index is 1.04. The average Bonchev–Trinajstić information content (AvgIpc) is 2.97. The predicted molar refractivity (Wildman–Crippen MR) is 156 cm³/mol. The van der Waals surface area contributed by atoms with E-state index in [4.69, 9.17) is 16.5 Å². The van der Waals surface area contributed by atoms with Crippen molar-refractivity contribution in [3.05, 3.63) is 84.2 Å². The second-order valence-corrected chi connectivity index (χ2v) is 10.4. The molecule has 1 aromatic heterocycles. The van der Waals surface area contributed by atoms with Crippen LogP contribution in [0.25, 0.3) is 0 Å². The summed E-state index contributed by atoms with van der Waals surface area (Å²) in [5.74, 6) is 2.34. The zero-order chi connectivity index (χ0) is 26.0. The van der Waals surface area contributed by atoms with Crippen molar-refractivity contribution in [3.8, 4) is 5.75 Å². The first-order valence-electron chi connectivity index (χ1n) is 13.6. The number of amidine groups is 1. The third kappa shape index (κ3) is 7.39. The number of aliphatic imine (C=N–C) groups is 1. The van der Waals surface area contributed by atoms with Gasteiger partial charge in [-0.2, -0.15) is 0 Å². The van der Waals surface area contributed by atoms with Crippen LogP contribution >= 0.6 is 11.8 Å². The second-order valence-electron chi connectivity index (χ2n) is 9.96. The van der Waals surface area contributed by atoms with Gasteiger partial charge in [0.2, 0.25) is 0 Å². The lowest BCUT2D eigenvalue weighted by atomic mass is 9.98. The Kier molecular flexibility index (Phi) is 9.34. The molecule has 0 atom stereocenters. The normalized spacial score (nSPS) is 16.0. The predicted octanol–water partition coefficient (Wildman–Crippen LogP) is 5.18. The molecule has 2 N–H and O–H groups in total. The fourth-order valence-corrected chi connectivity index (χ4v) is 5.20. The van der Waals surface area contributed by atoms with Crippen LogP contribution in [0.1, 0.15) is 30.4 Å². The maximum Gasteiger partial charge on any atom is 0.132 e. The van der Waals surface area contributed by atoms with Gasteiger partial charge in [-0.25, -0.2) is 4.99 Å². The van der Waals surface area contributed by atoms with Crippen molar-refractivity contribution in [2.75, 3.05) is 55.7 Å². The van der Waals surface area contributed by atoms with Gasteiger partial charge in [-0.1, -0.05) is 30.3 Å². The first-order chi connectivity index (χ1) is 18.7. The van der Waals surface area contributed by atoms with Gasteiger partial charge in [0.25, 0.3) is 0 Å². The van der Waals surface area contributed by atoms with E-state index in [-0.39, 0.29) is 0 Å². The van der Waals surface area contributed by atoms with Crippen LogP contribution in [0.5, 0.6) is 5.75 Å². The highest BCUT2D eigenvalue weighted by Crippen LogP contribution is 2.31.